The van der Waals surface area contributed by atoms with Gasteiger partial charge in [-0.15, -0.1) is 24.0 Å². The van der Waals surface area contributed by atoms with Gasteiger partial charge >= 0.3 is 0 Å². The van der Waals surface area contributed by atoms with Crippen LogP contribution in [0, 0.1) is 0 Å². The van der Waals surface area contributed by atoms with Crippen molar-refractivity contribution in [1.82, 2.24) is 15.8 Å². The van der Waals surface area contributed by atoms with Crippen molar-refractivity contribution in [1.29, 1.82) is 0 Å². The number of guanidine groups is 1. The van der Waals surface area contributed by atoms with E-state index in [-0.39, 0.29) is 24.0 Å². The molecular weight excluding hydrogens is 515 g/mol. The molecule has 1 heterocycles. The monoisotopic (exact) mass is 548 g/mol. The van der Waals surface area contributed by atoms with Crippen molar-refractivity contribution in [3.05, 3.63) is 88.8 Å². The van der Waals surface area contributed by atoms with Crippen molar-refractivity contribution in [2.45, 2.75) is 53.0 Å². The molecule has 0 amide bonds. The van der Waals surface area contributed by atoms with Gasteiger partial charge in [0, 0.05) is 12.6 Å². The van der Waals surface area contributed by atoms with Crippen LogP contribution in [0.5, 0.6) is 0 Å². The molecule has 0 unspecified atom stereocenters. The second-order valence-electron chi connectivity index (χ2n) is 7.72. The second-order valence-corrected chi connectivity index (χ2v) is 7.72. The summed E-state index contributed by atoms with van der Waals surface area (Å²) in [5.41, 5.74) is 4.44. The molecule has 0 aliphatic rings. The number of hydrogen-bond acceptors (Lipinski definition) is 4. The Balaban J connectivity index is 0.00000363. The Labute approximate surface area is 207 Å². The number of nitrogens with zero attached hydrogens (tertiary/aromatic N) is 2. The van der Waals surface area contributed by atoms with E-state index < -0.39 is 0 Å². The predicted octanol–water partition coefficient (Wildman–Crippen LogP) is 5.39. The standard InChI is InChI=1S/C25H32N4O2.HI/c1-4-26-25(28-16-23-14-24(19(2)3)29-31-23)27-15-20-10-12-22(13-11-20)18-30-17-21-8-6-5-7-9-21;/h5-14,19H,4,15-18H2,1-3H3,(H2,26,27,28);1H. The Bertz CT molecular complexity index is 940. The van der Waals surface area contributed by atoms with Crippen LogP contribution in [-0.4, -0.2) is 17.7 Å². The summed E-state index contributed by atoms with van der Waals surface area (Å²) in [5, 5.41) is 10.7. The lowest BCUT2D eigenvalue weighted by Crippen LogP contribution is -2.36. The van der Waals surface area contributed by atoms with Crippen LogP contribution in [0.4, 0.5) is 0 Å². The van der Waals surface area contributed by atoms with E-state index in [0.717, 1.165) is 35.1 Å². The molecule has 172 valence electrons. The first-order chi connectivity index (χ1) is 15.1. The summed E-state index contributed by atoms with van der Waals surface area (Å²) in [4.78, 5) is 4.67. The molecule has 0 atom stereocenters. The van der Waals surface area contributed by atoms with Gasteiger partial charge in [0.1, 0.15) is 0 Å². The largest absolute Gasteiger partial charge is 0.372 e. The lowest BCUT2D eigenvalue weighted by Gasteiger charge is -2.10. The fourth-order valence-corrected chi connectivity index (χ4v) is 2.97. The van der Waals surface area contributed by atoms with E-state index in [1.165, 1.54) is 5.56 Å². The normalized spacial score (nSPS) is 11.3. The van der Waals surface area contributed by atoms with Crippen molar-refractivity contribution < 1.29 is 9.26 Å². The second kappa shape index (κ2) is 13.9. The molecule has 0 spiro atoms. The van der Waals surface area contributed by atoms with Crippen molar-refractivity contribution >= 4 is 29.9 Å². The maximum atomic E-state index is 5.80. The molecule has 0 radical (unpaired) electrons. The van der Waals surface area contributed by atoms with Crippen LogP contribution in [0.2, 0.25) is 0 Å². The van der Waals surface area contributed by atoms with Gasteiger partial charge in [0.2, 0.25) is 0 Å². The lowest BCUT2D eigenvalue weighted by molar-refractivity contribution is 0.107. The third kappa shape index (κ3) is 8.63. The highest BCUT2D eigenvalue weighted by atomic mass is 127. The summed E-state index contributed by atoms with van der Waals surface area (Å²) in [6.07, 6.45) is 0. The van der Waals surface area contributed by atoms with E-state index in [1.54, 1.807) is 0 Å². The molecule has 1 aromatic heterocycles. The Morgan fingerprint density at radius 1 is 0.969 bits per heavy atom. The van der Waals surface area contributed by atoms with Crippen molar-refractivity contribution in [3.8, 4) is 0 Å². The Hall–Kier alpha value is -2.39. The molecular formula is C25H33IN4O2. The molecule has 2 N–H and O–H groups in total. The maximum Gasteiger partial charge on any atom is 0.191 e. The summed E-state index contributed by atoms with van der Waals surface area (Å²) in [6.45, 7) is 9.39. The predicted molar refractivity (Wildman–Crippen MR) is 139 cm³/mol. The summed E-state index contributed by atoms with van der Waals surface area (Å²) in [5.74, 6) is 1.90. The minimum Gasteiger partial charge on any atom is -0.372 e. The molecule has 7 heteroatoms. The summed E-state index contributed by atoms with van der Waals surface area (Å²) < 4.78 is 11.2. The van der Waals surface area contributed by atoms with Crippen molar-refractivity contribution in [2.75, 3.05) is 6.54 Å². The molecule has 0 bridgehead atoms. The molecule has 0 saturated heterocycles. The van der Waals surface area contributed by atoms with Crippen LogP contribution in [0.3, 0.4) is 0 Å². The van der Waals surface area contributed by atoms with E-state index in [1.807, 2.05) is 31.2 Å². The Morgan fingerprint density at radius 3 is 2.25 bits per heavy atom. The van der Waals surface area contributed by atoms with E-state index in [4.69, 9.17) is 9.26 Å². The van der Waals surface area contributed by atoms with Gasteiger partial charge < -0.3 is 19.9 Å². The highest BCUT2D eigenvalue weighted by molar-refractivity contribution is 14.0. The quantitative estimate of drug-likeness (QED) is 0.202. The van der Waals surface area contributed by atoms with Gasteiger partial charge in [-0.1, -0.05) is 73.6 Å². The van der Waals surface area contributed by atoms with E-state index in [0.29, 0.717) is 32.2 Å². The fourth-order valence-electron chi connectivity index (χ4n) is 2.97. The van der Waals surface area contributed by atoms with Crippen LogP contribution in [0.15, 0.2) is 70.2 Å². The number of nitrogens with one attached hydrogen (secondary N) is 2. The zero-order valence-electron chi connectivity index (χ0n) is 19.0. The van der Waals surface area contributed by atoms with Gasteiger partial charge in [0.05, 0.1) is 32.0 Å². The topological polar surface area (TPSA) is 71.7 Å². The maximum absolute atomic E-state index is 5.80. The first-order valence-corrected chi connectivity index (χ1v) is 10.8. The van der Waals surface area contributed by atoms with Crippen LogP contribution in [0.25, 0.3) is 0 Å². The smallest absolute Gasteiger partial charge is 0.191 e. The number of aromatic nitrogens is 1. The average molecular weight is 548 g/mol. The van der Waals surface area contributed by atoms with Gasteiger partial charge in [0.25, 0.3) is 0 Å². The fraction of sp³-hybridized carbons (Fsp3) is 0.360. The van der Waals surface area contributed by atoms with Gasteiger partial charge in [-0.2, -0.15) is 0 Å². The summed E-state index contributed by atoms with van der Waals surface area (Å²) >= 11 is 0. The number of benzene rings is 2. The van der Waals surface area contributed by atoms with Gasteiger partial charge in [0.15, 0.2) is 11.7 Å². The van der Waals surface area contributed by atoms with Crippen LogP contribution in [0.1, 0.15) is 54.8 Å². The van der Waals surface area contributed by atoms with Crippen LogP contribution >= 0.6 is 24.0 Å². The zero-order valence-corrected chi connectivity index (χ0v) is 21.3. The van der Waals surface area contributed by atoms with Gasteiger partial charge in [-0.05, 0) is 29.5 Å². The first-order valence-electron chi connectivity index (χ1n) is 10.8. The molecule has 2 aromatic carbocycles. The highest BCUT2D eigenvalue weighted by Gasteiger charge is 2.08. The lowest BCUT2D eigenvalue weighted by atomic mass is 10.1. The molecule has 0 fully saturated rings. The minimum atomic E-state index is 0. The molecule has 0 saturated carbocycles. The molecule has 32 heavy (non-hydrogen) atoms. The Morgan fingerprint density at radius 2 is 1.62 bits per heavy atom. The third-order valence-electron chi connectivity index (χ3n) is 4.77. The zero-order chi connectivity index (χ0) is 21.9. The number of aliphatic imine (C=N–C) groups is 1. The number of halogens is 1. The van der Waals surface area contributed by atoms with E-state index in [9.17, 15) is 0 Å². The number of rotatable bonds is 10. The van der Waals surface area contributed by atoms with E-state index >= 15 is 0 Å². The van der Waals surface area contributed by atoms with Gasteiger partial charge in [-0.25, -0.2) is 4.99 Å². The SMILES string of the molecule is CCNC(=NCc1ccc(COCc2ccccc2)cc1)NCc1cc(C(C)C)no1.I. The molecule has 0 aliphatic carbocycles. The van der Waals surface area contributed by atoms with Gasteiger partial charge in [-0.3, -0.25) is 0 Å². The highest BCUT2D eigenvalue weighted by Crippen LogP contribution is 2.14. The molecule has 3 aromatic rings. The summed E-state index contributed by atoms with van der Waals surface area (Å²) in [6, 6.07) is 20.6. The van der Waals surface area contributed by atoms with Crippen LogP contribution < -0.4 is 10.6 Å². The van der Waals surface area contributed by atoms with Crippen molar-refractivity contribution in [2.24, 2.45) is 4.99 Å². The third-order valence-corrected chi connectivity index (χ3v) is 4.77. The van der Waals surface area contributed by atoms with Crippen LogP contribution in [-0.2, 0) is 31.0 Å². The number of ether oxygens (including phenoxy) is 1. The Kier molecular flexibility index (Phi) is 11.2. The first kappa shape index (κ1) is 25.9. The average Bonchev–Trinajstić information content (AvgIpc) is 3.27. The minimum absolute atomic E-state index is 0. The molecule has 0 aliphatic heterocycles. The molecule has 3 rings (SSSR count). The van der Waals surface area contributed by atoms with E-state index in [2.05, 4.69) is 71.0 Å². The van der Waals surface area contributed by atoms with Crippen molar-refractivity contribution in [3.63, 3.8) is 0 Å². The number of hydrogen-bond donors (Lipinski definition) is 2. The molecule has 6 nitrogen and oxygen atoms in total. The summed E-state index contributed by atoms with van der Waals surface area (Å²) in [7, 11) is 0.